The molecule has 0 saturated heterocycles. The minimum Gasteiger partial charge on any atom is -0.497 e. The normalized spacial score (nSPS) is 24.8. The van der Waals surface area contributed by atoms with Crippen molar-refractivity contribution in [1.29, 1.82) is 0 Å². The van der Waals surface area contributed by atoms with Crippen molar-refractivity contribution >= 4 is 0 Å². The third-order valence-electron chi connectivity index (χ3n) is 6.68. The molecule has 2 heteroatoms. The summed E-state index contributed by atoms with van der Waals surface area (Å²) in [6.45, 7) is 9.73. The molecule has 2 aliphatic rings. The lowest BCUT2D eigenvalue weighted by molar-refractivity contribution is 0.188. The standard InChI is InChI=1S/C24H30O2/c1-23(2)13-15-11-17(25-5)7-9-19(15)21(23)22-20-10-8-18(26-6)12-16(20)14-24(22,3)4/h7-12,21-22H,13-14H2,1-6H3. The molecule has 0 radical (unpaired) electrons. The number of methoxy groups -OCH3 is 2. The Hall–Kier alpha value is -1.96. The van der Waals surface area contributed by atoms with Gasteiger partial charge in [0.15, 0.2) is 0 Å². The maximum Gasteiger partial charge on any atom is 0.119 e. The molecule has 0 bridgehead atoms. The highest BCUT2D eigenvalue weighted by atomic mass is 16.5. The van der Waals surface area contributed by atoms with Crippen molar-refractivity contribution in [3.8, 4) is 11.5 Å². The monoisotopic (exact) mass is 350 g/mol. The first kappa shape index (κ1) is 17.5. The maximum absolute atomic E-state index is 5.48. The van der Waals surface area contributed by atoms with E-state index in [0.717, 1.165) is 24.3 Å². The van der Waals surface area contributed by atoms with Gasteiger partial charge >= 0.3 is 0 Å². The summed E-state index contributed by atoms with van der Waals surface area (Å²) in [6, 6.07) is 13.4. The van der Waals surface area contributed by atoms with Crippen molar-refractivity contribution in [2.24, 2.45) is 10.8 Å². The van der Waals surface area contributed by atoms with Crippen molar-refractivity contribution in [1.82, 2.24) is 0 Å². The van der Waals surface area contributed by atoms with Gasteiger partial charge in [-0.3, -0.25) is 0 Å². The molecule has 2 aliphatic carbocycles. The summed E-state index contributed by atoms with van der Waals surface area (Å²) >= 11 is 0. The quantitative estimate of drug-likeness (QED) is 0.703. The second-order valence-corrected chi connectivity index (χ2v) is 9.42. The molecule has 0 aliphatic heterocycles. The molecule has 0 heterocycles. The van der Waals surface area contributed by atoms with Gasteiger partial charge in [0.2, 0.25) is 0 Å². The van der Waals surface area contributed by atoms with E-state index in [1.807, 2.05) is 0 Å². The molecule has 2 nitrogen and oxygen atoms in total. The van der Waals surface area contributed by atoms with Crippen molar-refractivity contribution in [2.45, 2.75) is 52.4 Å². The molecule has 138 valence electrons. The summed E-state index contributed by atoms with van der Waals surface area (Å²) in [4.78, 5) is 0. The molecule has 2 aromatic rings. The van der Waals surface area contributed by atoms with Crippen LogP contribution in [-0.4, -0.2) is 14.2 Å². The van der Waals surface area contributed by atoms with E-state index in [1.54, 1.807) is 14.2 Å². The zero-order valence-electron chi connectivity index (χ0n) is 16.8. The Morgan fingerprint density at radius 3 is 1.42 bits per heavy atom. The van der Waals surface area contributed by atoms with Crippen LogP contribution in [0, 0.1) is 10.8 Å². The highest BCUT2D eigenvalue weighted by Gasteiger charge is 2.51. The first-order chi connectivity index (χ1) is 12.3. The summed E-state index contributed by atoms with van der Waals surface area (Å²) < 4.78 is 11.0. The van der Waals surface area contributed by atoms with Crippen LogP contribution in [0.5, 0.6) is 11.5 Å². The first-order valence-corrected chi connectivity index (χ1v) is 9.60. The fraction of sp³-hybridized carbons (Fsp3) is 0.500. The Kier molecular flexibility index (Phi) is 3.87. The van der Waals surface area contributed by atoms with Crippen molar-refractivity contribution < 1.29 is 9.47 Å². The van der Waals surface area contributed by atoms with E-state index in [0.29, 0.717) is 11.8 Å². The number of rotatable bonds is 3. The molecular formula is C24H30O2. The van der Waals surface area contributed by atoms with Crippen LogP contribution in [-0.2, 0) is 12.8 Å². The largest absolute Gasteiger partial charge is 0.497 e. The molecule has 26 heavy (non-hydrogen) atoms. The Balaban J connectivity index is 1.85. The van der Waals surface area contributed by atoms with E-state index in [2.05, 4.69) is 64.1 Å². The summed E-state index contributed by atoms with van der Waals surface area (Å²) in [5, 5.41) is 0. The predicted octanol–water partition coefficient (Wildman–Crippen LogP) is 5.74. The fourth-order valence-corrected chi connectivity index (χ4v) is 5.64. The molecule has 2 aromatic carbocycles. The Morgan fingerprint density at radius 1 is 0.692 bits per heavy atom. The van der Waals surface area contributed by atoms with Crippen LogP contribution < -0.4 is 9.47 Å². The van der Waals surface area contributed by atoms with Gasteiger partial charge in [0.1, 0.15) is 11.5 Å². The smallest absolute Gasteiger partial charge is 0.119 e. The summed E-state index contributed by atoms with van der Waals surface area (Å²) in [5.74, 6) is 2.98. The zero-order valence-corrected chi connectivity index (χ0v) is 16.8. The van der Waals surface area contributed by atoms with Crippen LogP contribution >= 0.6 is 0 Å². The van der Waals surface area contributed by atoms with E-state index in [-0.39, 0.29) is 10.8 Å². The maximum atomic E-state index is 5.48. The van der Waals surface area contributed by atoms with Gasteiger partial charge in [-0.25, -0.2) is 0 Å². The molecule has 2 atom stereocenters. The van der Waals surface area contributed by atoms with E-state index >= 15 is 0 Å². The van der Waals surface area contributed by atoms with E-state index < -0.39 is 0 Å². The van der Waals surface area contributed by atoms with Crippen LogP contribution in [0.3, 0.4) is 0 Å². The van der Waals surface area contributed by atoms with Crippen LogP contribution in [0.1, 0.15) is 61.8 Å². The minimum atomic E-state index is 0.234. The van der Waals surface area contributed by atoms with E-state index in [1.165, 1.54) is 22.3 Å². The van der Waals surface area contributed by atoms with Gasteiger partial charge in [-0.15, -0.1) is 0 Å². The Morgan fingerprint density at radius 2 is 1.08 bits per heavy atom. The third-order valence-corrected chi connectivity index (χ3v) is 6.68. The van der Waals surface area contributed by atoms with Gasteiger partial charge in [0, 0.05) is 0 Å². The molecule has 4 rings (SSSR count). The molecule has 2 unspecified atom stereocenters. The lowest BCUT2D eigenvalue weighted by atomic mass is 9.63. The van der Waals surface area contributed by atoms with Crippen LogP contribution in [0.4, 0.5) is 0 Å². The van der Waals surface area contributed by atoms with E-state index in [4.69, 9.17) is 9.47 Å². The summed E-state index contributed by atoms with van der Waals surface area (Å²) in [6.07, 6.45) is 2.23. The SMILES string of the molecule is COc1ccc2c(c1)CC(C)(C)C2C1c2ccc(OC)cc2CC1(C)C. The molecular weight excluding hydrogens is 320 g/mol. The predicted molar refractivity (Wildman–Crippen MR) is 106 cm³/mol. The molecule has 0 fully saturated rings. The molecule has 0 saturated carbocycles. The zero-order chi connectivity index (χ0) is 18.7. The first-order valence-electron chi connectivity index (χ1n) is 9.60. The number of fused-ring (bicyclic) bond motifs is 2. The Labute approximate surface area is 157 Å². The fourth-order valence-electron chi connectivity index (χ4n) is 5.64. The second kappa shape index (κ2) is 5.77. The molecule has 0 N–H and O–H groups in total. The third kappa shape index (κ3) is 2.53. The van der Waals surface area contributed by atoms with Gasteiger partial charge in [0.25, 0.3) is 0 Å². The number of benzene rings is 2. The summed E-state index contributed by atoms with van der Waals surface area (Å²) in [7, 11) is 3.51. The number of hydrogen-bond acceptors (Lipinski definition) is 2. The summed E-state index contributed by atoms with van der Waals surface area (Å²) in [5.41, 5.74) is 6.40. The van der Waals surface area contributed by atoms with Crippen LogP contribution in [0.15, 0.2) is 36.4 Å². The van der Waals surface area contributed by atoms with Gasteiger partial charge in [0.05, 0.1) is 14.2 Å². The molecule has 0 spiro atoms. The van der Waals surface area contributed by atoms with Crippen molar-refractivity contribution in [3.63, 3.8) is 0 Å². The van der Waals surface area contributed by atoms with Gasteiger partial charge in [-0.05, 0) is 82.0 Å². The molecule has 0 amide bonds. The average molecular weight is 351 g/mol. The van der Waals surface area contributed by atoms with Crippen molar-refractivity contribution in [3.05, 3.63) is 58.7 Å². The van der Waals surface area contributed by atoms with Crippen molar-refractivity contribution in [2.75, 3.05) is 14.2 Å². The lowest BCUT2D eigenvalue weighted by Crippen LogP contribution is -2.30. The van der Waals surface area contributed by atoms with E-state index in [9.17, 15) is 0 Å². The van der Waals surface area contributed by atoms with Crippen LogP contribution in [0.25, 0.3) is 0 Å². The van der Waals surface area contributed by atoms with Gasteiger partial charge in [-0.2, -0.15) is 0 Å². The topological polar surface area (TPSA) is 18.5 Å². The average Bonchev–Trinajstić information content (AvgIpc) is 2.99. The lowest BCUT2D eigenvalue weighted by Gasteiger charge is -2.40. The van der Waals surface area contributed by atoms with Gasteiger partial charge < -0.3 is 9.47 Å². The number of ether oxygens (including phenoxy) is 2. The van der Waals surface area contributed by atoms with Gasteiger partial charge in [-0.1, -0.05) is 39.8 Å². The number of hydrogen-bond donors (Lipinski definition) is 0. The molecule has 0 aromatic heterocycles. The Bertz CT molecular complexity index is 776. The van der Waals surface area contributed by atoms with Crippen LogP contribution in [0.2, 0.25) is 0 Å². The second-order valence-electron chi connectivity index (χ2n) is 9.42. The highest BCUT2D eigenvalue weighted by Crippen LogP contribution is 2.62. The highest BCUT2D eigenvalue weighted by molar-refractivity contribution is 5.50. The minimum absolute atomic E-state index is 0.234.